The number of rotatable bonds is 11. The molecule has 18 heteroatoms. The maximum absolute atomic E-state index is 11.2. The average molecular weight is 1600 g/mol. The van der Waals surface area contributed by atoms with Crippen LogP contribution in [0.5, 0.6) is 0 Å². The number of aliphatic hydroxyl groups is 1. The Kier molecular flexibility index (Phi) is 26.9. The molecule has 109 heavy (non-hydrogen) atoms. The lowest BCUT2D eigenvalue weighted by Crippen LogP contribution is -2.63. The van der Waals surface area contributed by atoms with Crippen LogP contribution < -0.4 is 0 Å². The Balaban J connectivity index is 0.000000164. The quantitative estimate of drug-likeness (QED) is 0.0522. The molecule has 3 aliphatic heterocycles. The van der Waals surface area contributed by atoms with E-state index in [9.17, 15) is 4.57 Å². The first-order chi connectivity index (χ1) is 49.9. The molecular weight excluding hydrogens is 1430 g/mol. The van der Waals surface area contributed by atoms with Crippen LogP contribution in [0.15, 0.2) is 24.0 Å². The summed E-state index contributed by atoms with van der Waals surface area (Å²) in [5.41, 5.74) is 1.65. The summed E-state index contributed by atoms with van der Waals surface area (Å²) in [6, 6.07) is 0. The van der Waals surface area contributed by atoms with Gasteiger partial charge in [-0.1, -0.05) is 136 Å². The molecule has 0 bridgehead atoms. The zero-order valence-electron chi connectivity index (χ0n) is 74.3. The van der Waals surface area contributed by atoms with E-state index in [0.29, 0.717) is 102 Å². The third-order valence-corrected chi connectivity index (χ3v) is 48.3. The molecule has 15 aliphatic rings. The Morgan fingerprint density at radius 1 is 0.422 bits per heavy atom. The van der Waals surface area contributed by atoms with Crippen molar-refractivity contribution in [2.75, 3.05) is 19.8 Å². The molecule has 27 atom stereocenters. The Morgan fingerprint density at radius 2 is 0.761 bits per heavy atom. The summed E-state index contributed by atoms with van der Waals surface area (Å²) in [5, 5.41) is 8.32. The summed E-state index contributed by atoms with van der Waals surface area (Å²) < 4.78 is 78.5. The van der Waals surface area contributed by atoms with E-state index in [-0.39, 0.29) is 95.9 Å². The van der Waals surface area contributed by atoms with Gasteiger partial charge in [0.05, 0.1) is 68.1 Å². The van der Waals surface area contributed by atoms with Gasteiger partial charge in [0.1, 0.15) is 5.76 Å². The van der Waals surface area contributed by atoms with E-state index in [1.54, 1.807) is 6.92 Å². The lowest BCUT2D eigenvalue weighted by atomic mass is 9.44. The molecule has 0 aromatic rings. The molecule has 12 unspecified atom stereocenters. The van der Waals surface area contributed by atoms with Crippen molar-refractivity contribution >= 4 is 33.6 Å². The fraction of sp³-hybridized carbons (Fsp3) is 0.956. The van der Waals surface area contributed by atoms with Gasteiger partial charge in [-0.2, -0.15) is 0 Å². The van der Waals surface area contributed by atoms with Gasteiger partial charge in [-0.3, -0.25) is 0 Å². The number of hydrogen-bond donors (Lipinski definition) is 1. The van der Waals surface area contributed by atoms with Gasteiger partial charge in [0.15, 0.2) is 42.3 Å². The molecule has 12 aliphatic carbocycles. The van der Waals surface area contributed by atoms with Gasteiger partial charge in [0.2, 0.25) is 0 Å². The number of aliphatic hydroxyl groups excluding tert-OH is 1. The first-order valence-electron chi connectivity index (χ1n) is 44.2. The van der Waals surface area contributed by atoms with Crippen LogP contribution in [0.1, 0.15) is 302 Å². The summed E-state index contributed by atoms with van der Waals surface area (Å²) in [5.74, 6) is 6.58. The molecule has 0 aromatic heterocycles. The molecule has 14 nitrogen and oxygen atoms in total. The molecule has 630 valence electrons. The second-order valence-corrected chi connectivity index (χ2v) is 59.4. The van der Waals surface area contributed by atoms with Crippen LogP contribution in [0.3, 0.4) is 0 Å². The van der Waals surface area contributed by atoms with Crippen LogP contribution in [-0.4, -0.2) is 122 Å². The smallest absolute Gasteiger partial charge is 0.395 e. The van der Waals surface area contributed by atoms with Crippen molar-refractivity contribution in [1.82, 2.24) is 0 Å². The van der Waals surface area contributed by atoms with Crippen LogP contribution >= 0.6 is 8.69 Å². The Morgan fingerprint density at radius 3 is 1.14 bits per heavy atom. The maximum Gasteiger partial charge on any atom is 0.395 e. The highest BCUT2D eigenvalue weighted by Crippen LogP contribution is 2.73. The lowest BCUT2D eigenvalue weighted by Gasteiger charge is -2.63. The maximum atomic E-state index is 11.2. The van der Waals surface area contributed by atoms with Crippen molar-refractivity contribution in [3.8, 4) is 0 Å². The van der Waals surface area contributed by atoms with Gasteiger partial charge in [0, 0.05) is 24.9 Å². The van der Waals surface area contributed by atoms with E-state index in [2.05, 4.69) is 213 Å². The van der Waals surface area contributed by atoms with Gasteiger partial charge in [-0.15, -0.1) is 0 Å². The van der Waals surface area contributed by atoms with Crippen molar-refractivity contribution in [3.05, 3.63) is 24.0 Å². The number of fused-ring (bicyclic) bond motifs is 24. The van der Waals surface area contributed by atoms with Crippen LogP contribution in [-0.2, 0) is 60.6 Å². The van der Waals surface area contributed by atoms with Crippen LogP contribution in [0.25, 0.3) is 0 Å². The van der Waals surface area contributed by atoms with Gasteiger partial charge in [0.25, 0.3) is 0 Å². The molecule has 15 rings (SSSR count). The highest BCUT2D eigenvalue weighted by Gasteiger charge is 2.73. The summed E-state index contributed by atoms with van der Waals surface area (Å²) in [6.07, 6.45) is 34.6. The second-order valence-electron chi connectivity index (χ2n) is 44.8. The molecule has 0 amide bonds. The summed E-state index contributed by atoms with van der Waals surface area (Å²) in [7, 11) is -5.69. The minimum absolute atomic E-state index is 0. The van der Waals surface area contributed by atoms with Gasteiger partial charge in [-0.05, 0) is 324 Å². The van der Waals surface area contributed by atoms with E-state index in [1.807, 2.05) is 13.8 Å². The second kappa shape index (κ2) is 32.3. The van der Waals surface area contributed by atoms with Gasteiger partial charge in [-0.25, -0.2) is 14.3 Å². The van der Waals surface area contributed by atoms with Crippen LogP contribution in [0, 0.1) is 104 Å². The van der Waals surface area contributed by atoms with E-state index in [0.717, 1.165) is 30.4 Å². The molecule has 3 saturated heterocycles. The Hall–Kier alpha value is -0.449. The van der Waals surface area contributed by atoms with E-state index >= 15 is 0 Å². The molecule has 1 N–H and O–H groups in total. The largest absolute Gasteiger partial charge is 0.413 e. The van der Waals surface area contributed by atoms with E-state index in [1.165, 1.54) is 116 Å². The number of ether oxygens (including phenoxy) is 6. The van der Waals surface area contributed by atoms with Crippen LogP contribution in [0.2, 0.25) is 54.4 Å². The molecule has 0 spiro atoms. The fourth-order valence-corrected chi connectivity index (χ4v) is 30.7. The molecule has 10 saturated carbocycles. The topological polar surface area (TPSA) is 148 Å². The summed E-state index contributed by atoms with van der Waals surface area (Å²) in [4.78, 5) is 8.97. The van der Waals surface area contributed by atoms with Crippen LogP contribution in [0.4, 0.5) is 0 Å². The lowest BCUT2D eigenvalue weighted by molar-refractivity contribution is -0.287. The standard InChI is InChI=1S/C28H47O5PSi.C28H50O3Si.C28H48O3Si.C4H10O2.C2H6O.CH4/c1-25(2,3)35(8,9)33-21-11-10-18-22-19(13-15-28(18,21)7)27(6)14-12-17(32-34-29)16-20(27)23-24(22)31-26(4,5)30-23;2*1-25(2,3)32(8,9)31-21-14-13-18-22-19(15-17-28(18,21)7)27(6)16-11-10-12-20(27)23-24(22)30-26(4,5)29-23;1-3-5-6-4-2;1-2-3;/h16,18-24H,10-15H2,1-9H3;18-24H,10-17H2,1-9H3;10,12,18-24H,11,13-17H2,1-9H3;3-4H2,1-2H3;3H,2H2,1H3;1H4/t3*18?,19?,20?,21-,22?,23+,24+,27+,28-;;;/m000.../s1. The SMILES string of the molecule is C.CC1(C)O[C@@H]2C3C(CC[C@@]4(C)C3CC[C@@H]4O[Si](C)(C)C(C)(C)C)[C@@]3(C)CCC(OP=O)=CC3[C@H]2O1.CC1(C)O[C@@H]2C3C(CC[C@@]4(C)C3CC[C@@H]4O[Si](C)(C)C(C)(C)C)[C@@]3(C)CCC=CC3[C@H]2O1.CC1(C)O[C@@H]2C3C(CC[C@@]4(C)C3CC[C@@H]4O[Si](C)(C)C(C)(C)C)[C@@]3(C)CCCCC3[C@H]2O1.CCO.CCOOCC. The molecular formula is C91H165O14PSi3. The zero-order chi connectivity index (χ0) is 79.8. The van der Waals surface area contributed by atoms with Gasteiger partial charge >= 0.3 is 8.69 Å². The monoisotopic (exact) mass is 1600 g/mol. The first kappa shape index (κ1) is 90.9. The van der Waals surface area contributed by atoms with Crippen molar-refractivity contribution in [3.63, 3.8) is 0 Å². The molecule has 3 heterocycles. The first-order valence-corrected chi connectivity index (χ1v) is 53.6. The van der Waals surface area contributed by atoms with Crippen molar-refractivity contribution in [2.24, 2.45) is 104 Å². The summed E-state index contributed by atoms with van der Waals surface area (Å²) in [6.45, 7) is 71.0. The van der Waals surface area contributed by atoms with Crippen molar-refractivity contribution in [2.45, 2.75) is 429 Å². The fourth-order valence-electron chi connectivity index (χ4n) is 26.1. The van der Waals surface area contributed by atoms with Crippen molar-refractivity contribution < 1.29 is 65.7 Å². The minimum atomic E-state index is -1.85. The predicted octanol–water partition coefficient (Wildman–Crippen LogP) is 24.4. The minimum Gasteiger partial charge on any atom is -0.413 e. The van der Waals surface area contributed by atoms with Gasteiger partial charge < -0.3 is 51.3 Å². The molecule has 0 radical (unpaired) electrons. The normalized spacial score (nSPS) is 45.1. The third-order valence-electron chi connectivity index (χ3n) is 34.5. The predicted molar refractivity (Wildman–Crippen MR) is 449 cm³/mol. The molecule has 13 fully saturated rings. The third kappa shape index (κ3) is 16.6. The zero-order valence-corrected chi connectivity index (χ0v) is 78.2. The molecule has 0 aromatic carbocycles. The Bertz CT molecular complexity index is 3150. The highest BCUT2D eigenvalue weighted by molar-refractivity contribution is 7.17. The number of allylic oxidation sites excluding steroid dienone is 2. The summed E-state index contributed by atoms with van der Waals surface area (Å²) >= 11 is 0. The van der Waals surface area contributed by atoms with E-state index in [4.69, 9.17) is 51.3 Å². The Labute approximate surface area is 671 Å². The number of hydrogen-bond acceptors (Lipinski definition) is 14. The van der Waals surface area contributed by atoms with Crippen molar-refractivity contribution in [1.29, 1.82) is 0 Å². The van der Waals surface area contributed by atoms with E-state index < -0.39 is 42.3 Å². The highest BCUT2D eigenvalue weighted by atomic mass is 31.1. The average Bonchev–Trinajstić information content (AvgIpc) is 1.61.